The Morgan fingerprint density at radius 1 is 1.44 bits per heavy atom. The number of hydrogen-bond donors (Lipinski definition) is 2. The predicted molar refractivity (Wildman–Crippen MR) is 74.6 cm³/mol. The van der Waals surface area contributed by atoms with Gasteiger partial charge < -0.3 is 15.7 Å². The van der Waals surface area contributed by atoms with Crippen LogP contribution in [-0.2, 0) is 0 Å². The van der Waals surface area contributed by atoms with E-state index in [1.807, 2.05) is 12.3 Å². The molecule has 4 nitrogen and oxygen atoms in total. The fourth-order valence-electron chi connectivity index (χ4n) is 3.28. The van der Waals surface area contributed by atoms with Crippen molar-refractivity contribution < 1.29 is 5.11 Å². The van der Waals surface area contributed by atoms with E-state index in [1.165, 1.54) is 0 Å². The first-order valence-electron chi connectivity index (χ1n) is 6.33. The molecule has 0 aromatic carbocycles. The summed E-state index contributed by atoms with van der Waals surface area (Å²) < 4.78 is 0. The molecule has 3 unspecified atom stereocenters. The van der Waals surface area contributed by atoms with Gasteiger partial charge in [0.2, 0.25) is 0 Å². The molecule has 18 heavy (non-hydrogen) atoms. The smallest absolute Gasteiger partial charge is 0.106 e. The van der Waals surface area contributed by atoms with E-state index in [9.17, 15) is 5.11 Å². The lowest BCUT2D eigenvalue weighted by molar-refractivity contribution is 0.133. The highest BCUT2D eigenvalue weighted by molar-refractivity contribution is 7.80. The van der Waals surface area contributed by atoms with Gasteiger partial charge in [0.25, 0.3) is 0 Å². The van der Waals surface area contributed by atoms with Crippen molar-refractivity contribution in [2.24, 2.45) is 17.6 Å². The van der Waals surface area contributed by atoms with Gasteiger partial charge in [0.1, 0.15) is 4.99 Å². The van der Waals surface area contributed by atoms with Crippen molar-refractivity contribution in [1.29, 1.82) is 0 Å². The van der Waals surface area contributed by atoms with Crippen LogP contribution in [0.1, 0.15) is 18.4 Å². The topological polar surface area (TPSA) is 62.4 Å². The lowest BCUT2D eigenvalue weighted by atomic mass is 10.00. The largest absolute Gasteiger partial charge is 0.393 e. The summed E-state index contributed by atoms with van der Waals surface area (Å²) in [6, 6.07) is 1.86. The average molecular weight is 263 g/mol. The summed E-state index contributed by atoms with van der Waals surface area (Å²) >= 11 is 5.08. The molecule has 1 aliphatic heterocycles. The third-order valence-electron chi connectivity index (χ3n) is 4.23. The Balaban J connectivity index is 1.87. The number of aliphatic hydroxyl groups is 1. The number of hydrogen-bond acceptors (Lipinski definition) is 4. The second kappa shape index (κ2) is 4.48. The Labute approximate surface area is 112 Å². The third-order valence-corrected chi connectivity index (χ3v) is 4.45. The van der Waals surface area contributed by atoms with Gasteiger partial charge in [0, 0.05) is 30.8 Å². The van der Waals surface area contributed by atoms with E-state index in [4.69, 9.17) is 18.0 Å². The average Bonchev–Trinajstić information content (AvgIpc) is 2.92. The molecule has 1 saturated heterocycles. The van der Waals surface area contributed by atoms with Crippen molar-refractivity contribution in [2.45, 2.75) is 18.9 Å². The molecule has 0 radical (unpaired) electrons. The molecule has 0 bridgehead atoms. The molecular formula is C13H17N3OS. The molecule has 3 N–H and O–H groups in total. The molecule has 1 saturated carbocycles. The van der Waals surface area contributed by atoms with Crippen molar-refractivity contribution in [3.63, 3.8) is 0 Å². The SMILES string of the molecule is NC(=S)c1ccncc1N1CC2CCC(O)C2C1. The van der Waals surface area contributed by atoms with Crippen molar-refractivity contribution in [3.8, 4) is 0 Å². The zero-order valence-corrected chi connectivity index (χ0v) is 10.9. The summed E-state index contributed by atoms with van der Waals surface area (Å²) in [4.78, 5) is 6.84. The number of aliphatic hydroxyl groups excluding tert-OH is 1. The highest BCUT2D eigenvalue weighted by Gasteiger charge is 2.42. The standard InChI is InChI=1S/C13H17N3OS/c14-13(18)9-3-4-15-5-11(9)16-6-8-1-2-12(17)10(8)7-16/h3-5,8,10,12,17H,1-2,6-7H2,(H2,14,18). The number of anilines is 1. The van der Waals surface area contributed by atoms with Gasteiger partial charge in [-0.05, 0) is 24.8 Å². The second-order valence-electron chi connectivity index (χ2n) is 5.23. The van der Waals surface area contributed by atoms with Crippen LogP contribution in [0.25, 0.3) is 0 Å². The molecule has 3 atom stereocenters. The minimum atomic E-state index is -0.148. The summed E-state index contributed by atoms with van der Waals surface area (Å²) in [6.45, 7) is 1.86. The van der Waals surface area contributed by atoms with Gasteiger partial charge in [-0.2, -0.15) is 0 Å². The maximum Gasteiger partial charge on any atom is 0.106 e. The van der Waals surface area contributed by atoms with Crippen molar-refractivity contribution >= 4 is 22.9 Å². The van der Waals surface area contributed by atoms with E-state index in [1.54, 1.807) is 6.20 Å². The van der Waals surface area contributed by atoms with E-state index in [-0.39, 0.29) is 6.10 Å². The van der Waals surface area contributed by atoms with Crippen molar-refractivity contribution in [3.05, 3.63) is 24.0 Å². The maximum atomic E-state index is 9.95. The molecule has 0 spiro atoms. The lowest BCUT2D eigenvalue weighted by Gasteiger charge is -2.22. The monoisotopic (exact) mass is 263 g/mol. The zero-order chi connectivity index (χ0) is 12.7. The molecule has 1 aliphatic carbocycles. The summed E-state index contributed by atoms with van der Waals surface area (Å²) in [5.41, 5.74) is 7.64. The summed E-state index contributed by atoms with van der Waals surface area (Å²) in [6.07, 6.45) is 5.44. The van der Waals surface area contributed by atoms with E-state index < -0.39 is 0 Å². The minimum Gasteiger partial charge on any atom is -0.393 e. The molecule has 2 heterocycles. The van der Waals surface area contributed by atoms with Crippen LogP contribution >= 0.6 is 12.2 Å². The Kier molecular flexibility index (Phi) is 2.95. The summed E-state index contributed by atoms with van der Waals surface area (Å²) in [5.74, 6) is 0.990. The fourth-order valence-corrected chi connectivity index (χ4v) is 3.45. The highest BCUT2D eigenvalue weighted by atomic mass is 32.1. The summed E-state index contributed by atoms with van der Waals surface area (Å²) in [7, 11) is 0. The fraction of sp³-hybridized carbons (Fsp3) is 0.538. The van der Waals surface area contributed by atoms with Crippen LogP contribution in [0.5, 0.6) is 0 Å². The Bertz CT molecular complexity index is 479. The molecule has 1 aromatic rings. The molecular weight excluding hydrogens is 246 g/mol. The van der Waals surface area contributed by atoms with E-state index in [0.717, 1.165) is 37.2 Å². The Morgan fingerprint density at radius 3 is 3.00 bits per heavy atom. The summed E-state index contributed by atoms with van der Waals surface area (Å²) in [5, 5.41) is 9.95. The maximum absolute atomic E-state index is 9.95. The quantitative estimate of drug-likeness (QED) is 0.777. The van der Waals surface area contributed by atoms with Crippen LogP contribution in [-0.4, -0.2) is 34.3 Å². The molecule has 3 rings (SSSR count). The van der Waals surface area contributed by atoms with Crippen LogP contribution in [0.15, 0.2) is 18.5 Å². The van der Waals surface area contributed by atoms with Crippen LogP contribution in [0.2, 0.25) is 0 Å². The normalized spacial score (nSPS) is 30.5. The first-order valence-corrected chi connectivity index (χ1v) is 6.74. The van der Waals surface area contributed by atoms with Crippen LogP contribution in [0.4, 0.5) is 5.69 Å². The van der Waals surface area contributed by atoms with Gasteiger partial charge in [0.05, 0.1) is 18.0 Å². The van der Waals surface area contributed by atoms with Crippen LogP contribution < -0.4 is 10.6 Å². The minimum absolute atomic E-state index is 0.148. The van der Waals surface area contributed by atoms with Crippen LogP contribution in [0.3, 0.4) is 0 Å². The number of thiocarbonyl (C=S) groups is 1. The molecule has 2 aliphatic rings. The van der Waals surface area contributed by atoms with E-state index in [0.29, 0.717) is 16.8 Å². The number of rotatable bonds is 2. The van der Waals surface area contributed by atoms with E-state index in [2.05, 4.69) is 9.88 Å². The van der Waals surface area contributed by atoms with E-state index >= 15 is 0 Å². The molecule has 96 valence electrons. The second-order valence-corrected chi connectivity index (χ2v) is 5.67. The van der Waals surface area contributed by atoms with Gasteiger partial charge >= 0.3 is 0 Å². The van der Waals surface area contributed by atoms with Crippen LogP contribution in [0, 0.1) is 11.8 Å². The lowest BCUT2D eigenvalue weighted by Crippen LogP contribution is -2.27. The Hall–Kier alpha value is -1.20. The number of nitrogens with two attached hydrogens (primary N) is 1. The van der Waals surface area contributed by atoms with Crippen molar-refractivity contribution in [1.82, 2.24) is 4.98 Å². The molecule has 1 aromatic heterocycles. The number of pyridine rings is 1. The predicted octanol–water partition coefficient (Wildman–Crippen LogP) is 0.923. The molecule has 0 amide bonds. The molecule has 2 fully saturated rings. The van der Waals surface area contributed by atoms with Gasteiger partial charge in [0.15, 0.2) is 0 Å². The Morgan fingerprint density at radius 2 is 2.28 bits per heavy atom. The van der Waals surface area contributed by atoms with Gasteiger partial charge in [-0.3, -0.25) is 4.98 Å². The number of aromatic nitrogens is 1. The third kappa shape index (κ3) is 1.87. The van der Waals surface area contributed by atoms with Gasteiger partial charge in [-0.1, -0.05) is 12.2 Å². The molecule has 5 heteroatoms. The van der Waals surface area contributed by atoms with Gasteiger partial charge in [-0.15, -0.1) is 0 Å². The number of nitrogens with zero attached hydrogens (tertiary/aromatic N) is 2. The van der Waals surface area contributed by atoms with Crippen molar-refractivity contribution in [2.75, 3.05) is 18.0 Å². The first kappa shape index (κ1) is 11.9. The number of fused-ring (bicyclic) bond motifs is 1. The zero-order valence-electron chi connectivity index (χ0n) is 10.1. The van der Waals surface area contributed by atoms with Gasteiger partial charge in [-0.25, -0.2) is 0 Å². The highest BCUT2D eigenvalue weighted by Crippen LogP contribution is 2.40. The first-order chi connectivity index (χ1) is 8.66.